The predicted octanol–water partition coefficient (Wildman–Crippen LogP) is 2.72. The summed E-state index contributed by atoms with van der Waals surface area (Å²) in [6.07, 6.45) is -0.409. The van der Waals surface area contributed by atoms with Gasteiger partial charge in [0.25, 0.3) is 0 Å². The van der Waals surface area contributed by atoms with Crippen molar-refractivity contribution in [2.75, 3.05) is 0 Å². The molecule has 0 aliphatic heterocycles. The molecule has 0 heterocycles. The summed E-state index contributed by atoms with van der Waals surface area (Å²) in [6, 6.07) is 19.3. The summed E-state index contributed by atoms with van der Waals surface area (Å²) in [5.74, 6) is 0.786. The van der Waals surface area contributed by atoms with Crippen LogP contribution in [0.25, 0.3) is 0 Å². The third-order valence-electron chi connectivity index (χ3n) is 2.13. The Hall–Kier alpha value is -1.80. The lowest BCUT2D eigenvalue weighted by Crippen LogP contribution is -2.17. The third-order valence-corrected chi connectivity index (χ3v) is 2.13. The quantitative estimate of drug-likeness (QED) is 0.771. The van der Waals surface area contributed by atoms with Crippen LogP contribution in [0.3, 0.4) is 0 Å². The maximum atomic E-state index is 5.90. The molecule has 0 radical (unpaired) electrons. The molecule has 1 unspecified atom stereocenters. The van der Waals surface area contributed by atoms with Crippen LogP contribution in [-0.4, -0.2) is 0 Å². The molecule has 0 saturated carbocycles. The van der Waals surface area contributed by atoms with Gasteiger partial charge in [-0.05, 0) is 12.1 Å². The second-order valence-corrected chi connectivity index (χ2v) is 3.26. The van der Waals surface area contributed by atoms with E-state index < -0.39 is 6.23 Å². The van der Waals surface area contributed by atoms with Crippen LogP contribution in [0.15, 0.2) is 60.7 Å². The van der Waals surface area contributed by atoms with E-state index in [1.807, 2.05) is 60.7 Å². The van der Waals surface area contributed by atoms with Crippen LogP contribution in [0.1, 0.15) is 11.8 Å². The van der Waals surface area contributed by atoms with Crippen LogP contribution in [0.5, 0.6) is 5.75 Å². The number of hydrogen-bond acceptors (Lipinski definition) is 2. The monoisotopic (exact) mass is 199 g/mol. The molecule has 0 aromatic heterocycles. The van der Waals surface area contributed by atoms with Crippen molar-refractivity contribution in [3.8, 4) is 5.75 Å². The van der Waals surface area contributed by atoms with E-state index in [9.17, 15) is 0 Å². The molecule has 0 fully saturated rings. The molecule has 76 valence electrons. The molecular formula is C13H13NO. The van der Waals surface area contributed by atoms with Crippen molar-refractivity contribution >= 4 is 0 Å². The zero-order chi connectivity index (χ0) is 10.5. The highest BCUT2D eigenvalue weighted by molar-refractivity contribution is 5.23. The Labute approximate surface area is 89.3 Å². The molecule has 0 bridgehead atoms. The van der Waals surface area contributed by atoms with Crippen molar-refractivity contribution in [1.82, 2.24) is 0 Å². The molecule has 2 aromatic rings. The molecule has 0 aliphatic rings. The molecule has 1 atom stereocenters. The van der Waals surface area contributed by atoms with Crippen LogP contribution >= 0.6 is 0 Å². The van der Waals surface area contributed by atoms with Crippen molar-refractivity contribution in [3.05, 3.63) is 66.2 Å². The number of ether oxygens (including phenoxy) is 1. The maximum absolute atomic E-state index is 5.90. The van der Waals surface area contributed by atoms with Gasteiger partial charge >= 0.3 is 0 Å². The number of hydrogen-bond donors (Lipinski definition) is 1. The van der Waals surface area contributed by atoms with Gasteiger partial charge in [0.1, 0.15) is 5.75 Å². The lowest BCUT2D eigenvalue weighted by atomic mass is 10.2. The first-order chi connectivity index (χ1) is 7.36. The van der Waals surface area contributed by atoms with Crippen molar-refractivity contribution in [2.45, 2.75) is 6.23 Å². The minimum Gasteiger partial charge on any atom is -0.471 e. The molecule has 2 aromatic carbocycles. The van der Waals surface area contributed by atoms with Gasteiger partial charge in [-0.1, -0.05) is 48.5 Å². The molecular weight excluding hydrogens is 186 g/mol. The Morgan fingerprint density at radius 1 is 0.800 bits per heavy atom. The average Bonchev–Trinajstić information content (AvgIpc) is 2.31. The van der Waals surface area contributed by atoms with E-state index in [1.165, 1.54) is 0 Å². The van der Waals surface area contributed by atoms with Crippen LogP contribution in [-0.2, 0) is 0 Å². The second-order valence-electron chi connectivity index (χ2n) is 3.26. The van der Waals surface area contributed by atoms with Crippen LogP contribution < -0.4 is 10.5 Å². The topological polar surface area (TPSA) is 35.2 Å². The molecule has 0 aliphatic carbocycles. The van der Waals surface area contributed by atoms with E-state index in [4.69, 9.17) is 10.5 Å². The number of para-hydroxylation sites is 1. The largest absolute Gasteiger partial charge is 0.471 e. The minimum absolute atomic E-state index is 0.409. The molecule has 2 nitrogen and oxygen atoms in total. The van der Waals surface area contributed by atoms with E-state index in [-0.39, 0.29) is 0 Å². The van der Waals surface area contributed by atoms with Gasteiger partial charge in [0, 0.05) is 5.56 Å². The number of benzene rings is 2. The van der Waals surface area contributed by atoms with Crippen molar-refractivity contribution < 1.29 is 4.74 Å². The Morgan fingerprint density at radius 2 is 1.33 bits per heavy atom. The standard InChI is InChI=1S/C13H13NO/c14-13(11-7-3-1-4-8-11)15-12-9-5-2-6-10-12/h1-10,13H,14H2. The molecule has 0 spiro atoms. The van der Waals surface area contributed by atoms with Gasteiger partial charge in [-0.2, -0.15) is 0 Å². The van der Waals surface area contributed by atoms with Gasteiger partial charge in [-0.25, -0.2) is 0 Å². The van der Waals surface area contributed by atoms with Gasteiger partial charge in [0.15, 0.2) is 6.23 Å². The molecule has 2 heteroatoms. The molecule has 0 amide bonds. The third kappa shape index (κ3) is 2.58. The van der Waals surface area contributed by atoms with Crippen LogP contribution in [0, 0.1) is 0 Å². The van der Waals surface area contributed by atoms with Gasteiger partial charge in [-0.3, -0.25) is 5.73 Å². The fourth-order valence-electron chi connectivity index (χ4n) is 1.36. The minimum atomic E-state index is -0.409. The van der Waals surface area contributed by atoms with E-state index in [0.717, 1.165) is 11.3 Å². The van der Waals surface area contributed by atoms with Crippen LogP contribution in [0.4, 0.5) is 0 Å². The fourth-order valence-corrected chi connectivity index (χ4v) is 1.36. The zero-order valence-electron chi connectivity index (χ0n) is 8.34. The summed E-state index contributed by atoms with van der Waals surface area (Å²) in [4.78, 5) is 0. The normalized spacial score (nSPS) is 12.1. The van der Waals surface area contributed by atoms with Crippen LogP contribution in [0.2, 0.25) is 0 Å². The summed E-state index contributed by atoms with van der Waals surface area (Å²) < 4.78 is 5.58. The van der Waals surface area contributed by atoms with Crippen molar-refractivity contribution in [1.29, 1.82) is 0 Å². The summed E-state index contributed by atoms with van der Waals surface area (Å²) >= 11 is 0. The first-order valence-corrected chi connectivity index (χ1v) is 4.88. The van der Waals surface area contributed by atoms with E-state index in [0.29, 0.717) is 0 Å². The highest BCUT2D eigenvalue weighted by atomic mass is 16.5. The number of rotatable bonds is 3. The second kappa shape index (κ2) is 4.62. The average molecular weight is 199 g/mol. The van der Waals surface area contributed by atoms with E-state index in [2.05, 4.69) is 0 Å². The first kappa shape index (κ1) is 9.74. The summed E-state index contributed by atoms with van der Waals surface area (Å²) in [6.45, 7) is 0. The van der Waals surface area contributed by atoms with Crippen molar-refractivity contribution in [3.63, 3.8) is 0 Å². The Balaban J connectivity index is 2.08. The zero-order valence-corrected chi connectivity index (χ0v) is 8.34. The molecule has 15 heavy (non-hydrogen) atoms. The number of nitrogens with two attached hydrogens (primary N) is 1. The predicted molar refractivity (Wildman–Crippen MR) is 60.4 cm³/mol. The molecule has 2 rings (SSSR count). The summed E-state index contributed by atoms with van der Waals surface area (Å²) in [5, 5.41) is 0. The fraction of sp³-hybridized carbons (Fsp3) is 0.0769. The highest BCUT2D eigenvalue weighted by Gasteiger charge is 2.05. The van der Waals surface area contributed by atoms with Crippen molar-refractivity contribution in [2.24, 2.45) is 5.73 Å². The molecule has 2 N–H and O–H groups in total. The SMILES string of the molecule is NC(Oc1ccccc1)c1ccccc1. The lowest BCUT2D eigenvalue weighted by Gasteiger charge is -2.14. The summed E-state index contributed by atoms with van der Waals surface area (Å²) in [5.41, 5.74) is 6.88. The van der Waals surface area contributed by atoms with E-state index in [1.54, 1.807) is 0 Å². The Kier molecular flexibility index (Phi) is 3.00. The smallest absolute Gasteiger partial charge is 0.174 e. The van der Waals surface area contributed by atoms with E-state index >= 15 is 0 Å². The molecule has 0 saturated heterocycles. The Morgan fingerprint density at radius 3 is 1.93 bits per heavy atom. The van der Waals surface area contributed by atoms with Gasteiger partial charge in [0.2, 0.25) is 0 Å². The highest BCUT2D eigenvalue weighted by Crippen LogP contribution is 2.17. The van der Waals surface area contributed by atoms with Gasteiger partial charge < -0.3 is 4.74 Å². The van der Waals surface area contributed by atoms with Gasteiger partial charge in [0.05, 0.1) is 0 Å². The first-order valence-electron chi connectivity index (χ1n) is 4.88. The maximum Gasteiger partial charge on any atom is 0.174 e. The lowest BCUT2D eigenvalue weighted by molar-refractivity contribution is 0.214. The summed E-state index contributed by atoms with van der Waals surface area (Å²) in [7, 11) is 0. The van der Waals surface area contributed by atoms with Gasteiger partial charge in [-0.15, -0.1) is 0 Å². The Bertz CT molecular complexity index is 399.